The maximum absolute atomic E-state index is 12.3. The van der Waals surface area contributed by atoms with E-state index in [9.17, 15) is 4.79 Å². The van der Waals surface area contributed by atoms with Crippen LogP contribution in [0.3, 0.4) is 0 Å². The standard InChI is InChI=1S/C21H25ClN2O/c1-16-5-4-12-24(14-16)15-17-8-10-18(11-9-17)21(25)23-13-19-6-2-3-7-20(19)22/h2-3,6-11,16H,4-5,12-15H2,1H3,(H,23,25)/t16-/m1/s1. The van der Waals surface area contributed by atoms with Crippen LogP contribution < -0.4 is 5.32 Å². The van der Waals surface area contributed by atoms with Gasteiger partial charge >= 0.3 is 0 Å². The van der Waals surface area contributed by atoms with E-state index < -0.39 is 0 Å². The molecular formula is C21H25ClN2O. The summed E-state index contributed by atoms with van der Waals surface area (Å²) in [6.07, 6.45) is 2.62. The van der Waals surface area contributed by atoms with Crippen molar-refractivity contribution in [3.8, 4) is 0 Å². The maximum atomic E-state index is 12.3. The van der Waals surface area contributed by atoms with Crippen LogP contribution in [0.25, 0.3) is 0 Å². The van der Waals surface area contributed by atoms with Gasteiger partial charge in [-0.3, -0.25) is 9.69 Å². The summed E-state index contributed by atoms with van der Waals surface area (Å²) in [6.45, 7) is 6.06. The molecule has 25 heavy (non-hydrogen) atoms. The summed E-state index contributed by atoms with van der Waals surface area (Å²) in [5.41, 5.74) is 2.87. The number of piperidine rings is 1. The lowest BCUT2D eigenvalue weighted by atomic mass is 9.99. The molecule has 1 aliphatic rings. The van der Waals surface area contributed by atoms with Crippen LogP contribution in [0, 0.1) is 5.92 Å². The van der Waals surface area contributed by atoms with Crippen LogP contribution >= 0.6 is 11.6 Å². The Morgan fingerprint density at radius 2 is 1.96 bits per heavy atom. The normalized spacial score (nSPS) is 18.1. The molecule has 1 N–H and O–H groups in total. The van der Waals surface area contributed by atoms with Crippen LogP contribution in [-0.4, -0.2) is 23.9 Å². The quantitative estimate of drug-likeness (QED) is 0.855. The first kappa shape index (κ1) is 18.0. The first-order chi connectivity index (χ1) is 12.1. The van der Waals surface area contributed by atoms with Gasteiger partial charge < -0.3 is 5.32 Å². The number of halogens is 1. The second-order valence-electron chi connectivity index (χ2n) is 6.95. The molecule has 2 aromatic carbocycles. The third-order valence-corrected chi connectivity index (χ3v) is 5.13. The van der Waals surface area contributed by atoms with Crippen LogP contribution in [0.2, 0.25) is 5.02 Å². The van der Waals surface area contributed by atoms with Crippen molar-refractivity contribution in [2.45, 2.75) is 32.9 Å². The minimum Gasteiger partial charge on any atom is -0.348 e. The van der Waals surface area contributed by atoms with Crippen LogP contribution in [0.15, 0.2) is 48.5 Å². The summed E-state index contributed by atoms with van der Waals surface area (Å²) < 4.78 is 0. The Bertz CT molecular complexity index is 714. The van der Waals surface area contributed by atoms with Gasteiger partial charge in [0.25, 0.3) is 5.91 Å². The molecule has 0 aliphatic carbocycles. The summed E-state index contributed by atoms with van der Waals surface area (Å²) in [4.78, 5) is 14.8. The number of nitrogens with one attached hydrogen (secondary N) is 1. The molecular weight excluding hydrogens is 332 g/mol. The molecule has 3 rings (SSSR count). The van der Waals surface area contributed by atoms with E-state index in [2.05, 4.69) is 29.3 Å². The molecule has 132 valence electrons. The van der Waals surface area contributed by atoms with Gasteiger partial charge in [-0.05, 0) is 54.6 Å². The number of hydrogen-bond acceptors (Lipinski definition) is 2. The van der Waals surface area contributed by atoms with Crippen molar-refractivity contribution in [3.05, 3.63) is 70.2 Å². The van der Waals surface area contributed by atoms with E-state index in [1.165, 1.54) is 31.5 Å². The van der Waals surface area contributed by atoms with E-state index in [1.807, 2.05) is 36.4 Å². The molecule has 1 heterocycles. The van der Waals surface area contributed by atoms with Crippen molar-refractivity contribution < 1.29 is 4.79 Å². The summed E-state index contributed by atoms with van der Waals surface area (Å²) in [5, 5.41) is 3.60. The van der Waals surface area contributed by atoms with E-state index >= 15 is 0 Å². The topological polar surface area (TPSA) is 32.3 Å². The molecule has 0 spiro atoms. The van der Waals surface area contributed by atoms with Gasteiger partial charge in [0, 0.05) is 30.2 Å². The molecule has 2 aromatic rings. The van der Waals surface area contributed by atoms with Gasteiger partial charge in [0.15, 0.2) is 0 Å². The molecule has 1 aliphatic heterocycles. The van der Waals surface area contributed by atoms with E-state index in [0.717, 1.165) is 18.0 Å². The molecule has 1 amide bonds. The molecule has 4 heteroatoms. The highest BCUT2D eigenvalue weighted by molar-refractivity contribution is 6.31. The smallest absolute Gasteiger partial charge is 0.251 e. The molecule has 0 saturated carbocycles. The predicted molar refractivity (Wildman–Crippen MR) is 103 cm³/mol. The van der Waals surface area contributed by atoms with Crippen molar-refractivity contribution in [2.24, 2.45) is 5.92 Å². The van der Waals surface area contributed by atoms with Crippen molar-refractivity contribution in [3.63, 3.8) is 0 Å². The van der Waals surface area contributed by atoms with Gasteiger partial charge in [-0.25, -0.2) is 0 Å². The molecule has 1 saturated heterocycles. The molecule has 1 atom stereocenters. The Kier molecular flexibility index (Phi) is 6.11. The second-order valence-corrected chi connectivity index (χ2v) is 7.36. The monoisotopic (exact) mass is 356 g/mol. The fraction of sp³-hybridized carbons (Fsp3) is 0.381. The van der Waals surface area contributed by atoms with Gasteiger partial charge in [-0.2, -0.15) is 0 Å². The zero-order chi connectivity index (χ0) is 17.6. The van der Waals surface area contributed by atoms with E-state index in [0.29, 0.717) is 17.1 Å². The number of benzene rings is 2. The molecule has 0 radical (unpaired) electrons. The van der Waals surface area contributed by atoms with Gasteiger partial charge in [0.05, 0.1) is 0 Å². The number of carbonyl (C=O) groups is 1. The highest BCUT2D eigenvalue weighted by Gasteiger charge is 2.16. The van der Waals surface area contributed by atoms with Gasteiger partial charge in [0.2, 0.25) is 0 Å². The van der Waals surface area contributed by atoms with E-state index in [1.54, 1.807) is 0 Å². The predicted octanol–water partition coefficient (Wildman–Crippen LogP) is 4.50. The number of carbonyl (C=O) groups excluding carboxylic acids is 1. The molecule has 1 fully saturated rings. The summed E-state index contributed by atoms with van der Waals surface area (Å²) in [6, 6.07) is 15.5. The fourth-order valence-electron chi connectivity index (χ4n) is 3.37. The average molecular weight is 357 g/mol. The Balaban J connectivity index is 1.54. The Morgan fingerprint density at radius 1 is 1.20 bits per heavy atom. The highest BCUT2D eigenvalue weighted by atomic mass is 35.5. The number of rotatable bonds is 5. The largest absolute Gasteiger partial charge is 0.348 e. The molecule has 3 nitrogen and oxygen atoms in total. The third kappa shape index (κ3) is 5.07. The minimum atomic E-state index is -0.0712. The summed E-state index contributed by atoms with van der Waals surface area (Å²) in [7, 11) is 0. The van der Waals surface area contributed by atoms with Crippen molar-refractivity contribution >= 4 is 17.5 Å². The average Bonchev–Trinajstić information content (AvgIpc) is 2.61. The van der Waals surface area contributed by atoms with Crippen molar-refractivity contribution in [2.75, 3.05) is 13.1 Å². The first-order valence-electron chi connectivity index (χ1n) is 8.95. The minimum absolute atomic E-state index is 0.0712. The SMILES string of the molecule is C[C@@H]1CCCN(Cc2ccc(C(=O)NCc3ccccc3Cl)cc2)C1. The van der Waals surface area contributed by atoms with Crippen LogP contribution in [0.4, 0.5) is 0 Å². The van der Waals surface area contributed by atoms with Gasteiger partial charge in [-0.1, -0.05) is 48.9 Å². The number of hydrogen-bond donors (Lipinski definition) is 1. The number of likely N-dealkylation sites (tertiary alicyclic amines) is 1. The maximum Gasteiger partial charge on any atom is 0.251 e. The molecule has 0 unspecified atom stereocenters. The van der Waals surface area contributed by atoms with Crippen molar-refractivity contribution in [1.82, 2.24) is 10.2 Å². The lowest BCUT2D eigenvalue weighted by molar-refractivity contribution is 0.0951. The highest BCUT2D eigenvalue weighted by Crippen LogP contribution is 2.18. The Hall–Kier alpha value is -1.84. The lowest BCUT2D eigenvalue weighted by Gasteiger charge is -2.30. The van der Waals surface area contributed by atoms with Gasteiger partial charge in [0.1, 0.15) is 0 Å². The number of nitrogens with zero attached hydrogens (tertiary/aromatic N) is 1. The van der Waals surface area contributed by atoms with Crippen LogP contribution in [0.5, 0.6) is 0 Å². The summed E-state index contributed by atoms with van der Waals surface area (Å²) in [5.74, 6) is 0.710. The molecule has 0 aromatic heterocycles. The third-order valence-electron chi connectivity index (χ3n) is 4.76. The first-order valence-corrected chi connectivity index (χ1v) is 9.32. The van der Waals surface area contributed by atoms with Crippen LogP contribution in [0.1, 0.15) is 41.3 Å². The Morgan fingerprint density at radius 3 is 2.68 bits per heavy atom. The van der Waals surface area contributed by atoms with E-state index in [-0.39, 0.29) is 5.91 Å². The van der Waals surface area contributed by atoms with Crippen molar-refractivity contribution in [1.29, 1.82) is 0 Å². The van der Waals surface area contributed by atoms with Gasteiger partial charge in [-0.15, -0.1) is 0 Å². The lowest BCUT2D eigenvalue weighted by Crippen LogP contribution is -2.33. The van der Waals surface area contributed by atoms with E-state index in [4.69, 9.17) is 11.6 Å². The number of amides is 1. The molecule has 0 bridgehead atoms. The zero-order valence-electron chi connectivity index (χ0n) is 14.7. The van der Waals surface area contributed by atoms with Crippen LogP contribution in [-0.2, 0) is 13.1 Å². The Labute approximate surface area is 155 Å². The fourth-order valence-corrected chi connectivity index (χ4v) is 3.57. The zero-order valence-corrected chi connectivity index (χ0v) is 15.4. The summed E-state index contributed by atoms with van der Waals surface area (Å²) >= 11 is 6.12. The second kappa shape index (κ2) is 8.50.